The maximum atomic E-state index is 6.23. The van der Waals surface area contributed by atoms with Gasteiger partial charge in [0.25, 0.3) is 0 Å². The fraction of sp³-hybridized carbons (Fsp3) is 0.333. The molecule has 0 bridgehead atoms. The summed E-state index contributed by atoms with van der Waals surface area (Å²) in [5, 5.41) is 4.60. The summed E-state index contributed by atoms with van der Waals surface area (Å²) >= 11 is 3.53. The van der Waals surface area contributed by atoms with Crippen LogP contribution in [0.2, 0.25) is 0 Å². The lowest BCUT2D eigenvalue weighted by Crippen LogP contribution is -2.41. The lowest BCUT2D eigenvalue weighted by molar-refractivity contribution is 0.00578. The first-order chi connectivity index (χ1) is 31.1. The van der Waals surface area contributed by atoms with Crippen molar-refractivity contribution in [3.05, 3.63) is 138 Å². The van der Waals surface area contributed by atoms with Gasteiger partial charge in [0, 0.05) is 37.1 Å². The van der Waals surface area contributed by atoms with Crippen molar-refractivity contribution in [2.75, 3.05) is 0 Å². The van der Waals surface area contributed by atoms with E-state index in [9.17, 15) is 0 Å². The normalized spacial score (nSPS) is 19.9. The molecule has 0 N–H and O–H groups in total. The monoisotopic (exact) mass is 946 g/mol. The lowest BCUT2D eigenvalue weighted by atomic mass is 9.49. The summed E-state index contributed by atoms with van der Waals surface area (Å²) in [4.78, 5) is 0. The van der Waals surface area contributed by atoms with Gasteiger partial charge in [-0.15, -0.1) is 0 Å². The molecule has 8 nitrogen and oxygen atoms in total. The van der Waals surface area contributed by atoms with Crippen LogP contribution in [0.1, 0.15) is 83.1 Å². The maximum absolute atomic E-state index is 6.23. The Kier molecular flexibility index (Phi) is 11.9. The summed E-state index contributed by atoms with van der Waals surface area (Å²) in [5.41, 5.74) is 7.03. The largest absolute Gasteiger partial charge is 0.494 e. The molecule has 338 valence electrons. The number of rotatable bonds is 4. The highest BCUT2D eigenvalue weighted by molar-refractivity contribution is 9.10. The molecule has 12 heteroatoms. The molecule has 2 aromatic heterocycles. The molecule has 3 aliphatic rings. The van der Waals surface area contributed by atoms with Crippen LogP contribution in [0.15, 0.2) is 147 Å². The van der Waals surface area contributed by atoms with Crippen LogP contribution in [-0.4, -0.2) is 54.7 Å². The van der Waals surface area contributed by atoms with Crippen molar-refractivity contribution in [1.82, 2.24) is 0 Å². The number of benzene rings is 6. The summed E-state index contributed by atoms with van der Waals surface area (Å²) in [7, 11) is -1.33. The van der Waals surface area contributed by atoms with E-state index in [2.05, 4.69) is 129 Å². The quantitative estimate of drug-likeness (QED) is 0.161. The van der Waals surface area contributed by atoms with Gasteiger partial charge in [0.2, 0.25) is 0 Å². The predicted octanol–water partition coefficient (Wildman–Crippen LogP) is 13.8. The van der Waals surface area contributed by atoms with Crippen molar-refractivity contribution in [1.29, 1.82) is 0 Å². The molecule has 11 rings (SSSR count). The molecule has 0 saturated carbocycles. The average molecular weight is 947 g/mol. The van der Waals surface area contributed by atoms with E-state index in [0.29, 0.717) is 0 Å². The second kappa shape index (κ2) is 16.8. The third-order valence-corrected chi connectivity index (χ3v) is 14.9. The molecule has 3 aliphatic heterocycles. The Balaban J connectivity index is 0.000000129. The smallest absolute Gasteiger partial charge is 0.455 e. The third kappa shape index (κ3) is 8.48. The fourth-order valence-electron chi connectivity index (χ4n) is 8.44. The Labute approximate surface area is 398 Å². The van der Waals surface area contributed by atoms with E-state index in [0.717, 1.165) is 70.7 Å². The maximum Gasteiger partial charge on any atom is 0.494 e. The molecule has 0 radical (unpaired) electrons. The van der Waals surface area contributed by atoms with E-state index in [1.165, 1.54) is 5.39 Å². The van der Waals surface area contributed by atoms with Gasteiger partial charge in [-0.2, -0.15) is 0 Å². The number of hydrogen-bond acceptors (Lipinski definition) is 8. The van der Waals surface area contributed by atoms with Gasteiger partial charge in [0.1, 0.15) is 22.3 Å². The van der Waals surface area contributed by atoms with Crippen molar-refractivity contribution in [2.24, 2.45) is 0 Å². The Hall–Kier alpha value is -4.65. The molecule has 0 aliphatic carbocycles. The van der Waals surface area contributed by atoms with Gasteiger partial charge in [-0.3, -0.25) is 0 Å². The van der Waals surface area contributed by atoms with Crippen LogP contribution in [0.4, 0.5) is 0 Å². The molecule has 5 heterocycles. The second-order valence-corrected chi connectivity index (χ2v) is 21.5. The van der Waals surface area contributed by atoms with Crippen LogP contribution in [-0.2, 0) is 27.9 Å². The minimum absolute atomic E-state index is 0.355. The zero-order valence-electron chi connectivity index (χ0n) is 40.1. The highest BCUT2D eigenvalue weighted by atomic mass is 79.9. The molecule has 8 aromatic rings. The number of furan rings is 2. The molecular formula is C54H58B3BrO8. The van der Waals surface area contributed by atoms with E-state index in [1.807, 2.05) is 104 Å². The van der Waals surface area contributed by atoms with Crippen molar-refractivity contribution in [2.45, 2.75) is 117 Å². The van der Waals surface area contributed by atoms with Gasteiger partial charge < -0.3 is 36.8 Å². The van der Waals surface area contributed by atoms with Crippen LogP contribution >= 0.6 is 15.9 Å². The summed E-state index contributed by atoms with van der Waals surface area (Å²) in [6, 6.07) is 45.6. The molecule has 66 heavy (non-hydrogen) atoms. The van der Waals surface area contributed by atoms with E-state index in [4.69, 9.17) is 36.8 Å². The summed E-state index contributed by atoms with van der Waals surface area (Å²) in [6.45, 7) is 24.5. The van der Waals surface area contributed by atoms with E-state index < -0.39 is 14.0 Å². The molecule has 0 amide bonds. The Morgan fingerprint density at radius 3 is 1.17 bits per heavy atom. The molecule has 0 atom stereocenters. The fourth-order valence-corrected chi connectivity index (χ4v) is 8.84. The second-order valence-electron chi connectivity index (χ2n) is 20.5. The molecule has 3 fully saturated rings. The Bertz CT molecular complexity index is 2990. The topological polar surface area (TPSA) is 81.7 Å². The van der Waals surface area contributed by atoms with E-state index in [-0.39, 0.29) is 40.7 Å². The SMILES string of the molecule is Brc1cccc(-c2cccc3c2oc2ccccc23)c1.CC1(C)OB(B2OC(C)(C)C(C)(C)O2)OC1(C)C.CC1(C)OB(c2cccc(-c3cccc4c3oc3ccccc34)c2)OC1(C)C. The van der Waals surface area contributed by atoms with Crippen LogP contribution in [0.5, 0.6) is 0 Å². The molecule has 0 unspecified atom stereocenters. The standard InChI is InChI=1S/C24H23BO3.C18H11BrO.C12H24B2O4/c1-23(2)24(3,4)28-25(27-23)17-10-7-9-16(15-17)18-12-8-13-20-19-11-5-6-14-21(19)26-22(18)20;19-13-6-3-5-12(11-13)14-8-4-9-16-15-7-1-2-10-17(15)20-18(14)16;1-9(2)10(3,4)16-13(15-9)14-17-11(5,6)12(7,8)18-14/h5-15H,1-4H3;1-11H;1-8H3. The summed E-state index contributed by atoms with van der Waals surface area (Å²) < 4.78 is 49.7. The molecule has 0 spiro atoms. The zero-order valence-corrected chi connectivity index (χ0v) is 41.7. The average Bonchev–Trinajstić information content (AvgIpc) is 4.01. The highest BCUT2D eigenvalue weighted by Crippen LogP contribution is 2.44. The Morgan fingerprint density at radius 2 is 0.727 bits per heavy atom. The first-order valence-corrected chi connectivity index (χ1v) is 23.6. The number of halogens is 1. The Morgan fingerprint density at radius 1 is 0.364 bits per heavy atom. The minimum Gasteiger partial charge on any atom is -0.455 e. The van der Waals surface area contributed by atoms with Gasteiger partial charge in [0.15, 0.2) is 0 Å². The number of para-hydroxylation sites is 4. The molecular weight excluding hydrogens is 889 g/mol. The van der Waals surface area contributed by atoms with Crippen molar-refractivity contribution < 1.29 is 36.8 Å². The third-order valence-electron chi connectivity index (χ3n) is 14.4. The van der Waals surface area contributed by atoms with E-state index in [1.54, 1.807) is 0 Å². The number of hydrogen-bond donors (Lipinski definition) is 0. The molecule has 3 saturated heterocycles. The van der Waals surface area contributed by atoms with Gasteiger partial charge in [-0.1, -0.05) is 125 Å². The lowest BCUT2D eigenvalue weighted by Gasteiger charge is -2.32. The zero-order chi connectivity index (χ0) is 47.0. The van der Waals surface area contributed by atoms with Gasteiger partial charge >= 0.3 is 21.1 Å². The first-order valence-electron chi connectivity index (χ1n) is 22.8. The van der Waals surface area contributed by atoms with Gasteiger partial charge in [-0.25, -0.2) is 0 Å². The number of fused-ring (bicyclic) bond motifs is 6. The van der Waals surface area contributed by atoms with Crippen molar-refractivity contribution in [3.63, 3.8) is 0 Å². The van der Waals surface area contributed by atoms with Crippen LogP contribution < -0.4 is 5.46 Å². The van der Waals surface area contributed by atoms with Crippen LogP contribution in [0, 0.1) is 0 Å². The minimum atomic E-state index is -0.476. The highest BCUT2D eigenvalue weighted by Gasteiger charge is 2.63. The molecule has 6 aromatic carbocycles. The summed E-state index contributed by atoms with van der Waals surface area (Å²) in [6.07, 6.45) is 0. The van der Waals surface area contributed by atoms with Crippen LogP contribution in [0.3, 0.4) is 0 Å². The first kappa shape index (κ1) is 46.5. The predicted molar refractivity (Wildman–Crippen MR) is 274 cm³/mol. The summed E-state index contributed by atoms with van der Waals surface area (Å²) in [5.74, 6) is 0. The van der Waals surface area contributed by atoms with Crippen molar-refractivity contribution >= 4 is 86.4 Å². The van der Waals surface area contributed by atoms with Crippen LogP contribution in [0.25, 0.3) is 66.1 Å². The van der Waals surface area contributed by atoms with E-state index >= 15 is 0 Å². The van der Waals surface area contributed by atoms with Crippen molar-refractivity contribution in [3.8, 4) is 22.3 Å². The van der Waals surface area contributed by atoms with Gasteiger partial charge in [0.05, 0.1) is 33.6 Å². The van der Waals surface area contributed by atoms with Gasteiger partial charge in [-0.05, 0) is 124 Å².